The maximum atomic E-state index is 6.10. The first-order valence-electron chi connectivity index (χ1n) is 9.38. The van der Waals surface area contributed by atoms with Gasteiger partial charge < -0.3 is 10.2 Å². The van der Waals surface area contributed by atoms with Gasteiger partial charge in [0.25, 0.3) is 0 Å². The van der Waals surface area contributed by atoms with Gasteiger partial charge >= 0.3 is 0 Å². The van der Waals surface area contributed by atoms with Gasteiger partial charge in [-0.15, -0.1) is 0 Å². The lowest BCUT2D eigenvalue weighted by Crippen LogP contribution is -2.27. The summed E-state index contributed by atoms with van der Waals surface area (Å²) in [6.07, 6.45) is 2.61. The third-order valence-corrected chi connectivity index (χ3v) is 5.14. The summed E-state index contributed by atoms with van der Waals surface area (Å²) in [5.41, 5.74) is 2.27. The van der Waals surface area contributed by atoms with Crippen LogP contribution in [0, 0.1) is 0 Å². The molecule has 0 aliphatic carbocycles. The van der Waals surface area contributed by atoms with Crippen molar-refractivity contribution < 1.29 is 0 Å². The Morgan fingerprint density at radius 2 is 2.00 bits per heavy atom. The Hall–Kier alpha value is -2.70. The number of nitrogens with one attached hydrogen (secondary N) is 1. The summed E-state index contributed by atoms with van der Waals surface area (Å²) >= 11 is 6.10. The average molecular weight is 395 g/mol. The first kappa shape index (κ1) is 18.7. The van der Waals surface area contributed by atoms with Crippen molar-refractivity contribution >= 4 is 29.2 Å². The van der Waals surface area contributed by atoms with Crippen LogP contribution in [0.2, 0.25) is 5.02 Å². The van der Waals surface area contributed by atoms with E-state index >= 15 is 0 Å². The van der Waals surface area contributed by atoms with Crippen LogP contribution < -0.4 is 10.2 Å². The SMILES string of the molecule is CN(c1cccc(Cl)c1)c1ncnc(N[C@@H]2CCN(Cc3ccccc3)C2)n1. The van der Waals surface area contributed by atoms with E-state index in [0.29, 0.717) is 23.0 Å². The molecule has 0 spiro atoms. The summed E-state index contributed by atoms with van der Waals surface area (Å²) < 4.78 is 0. The minimum Gasteiger partial charge on any atom is -0.350 e. The van der Waals surface area contributed by atoms with Crippen LogP contribution in [-0.4, -0.2) is 46.0 Å². The van der Waals surface area contributed by atoms with E-state index in [1.807, 2.05) is 36.2 Å². The lowest BCUT2D eigenvalue weighted by atomic mass is 10.2. The average Bonchev–Trinajstić information content (AvgIpc) is 3.15. The molecule has 1 aromatic heterocycles. The predicted molar refractivity (Wildman–Crippen MR) is 113 cm³/mol. The van der Waals surface area contributed by atoms with E-state index in [9.17, 15) is 0 Å². The maximum Gasteiger partial charge on any atom is 0.234 e. The van der Waals surface area contributed by atoms with Crippen molar-refractivity contribution in [3.8, 4) is 0 Å². The Kier molecular flexibility index (Phi) is 5.69. The summed E-state index contributed by atoms with van der Waals surface area (Å²) in [6.45, 7) is 3.01. The summed E-state index contributed by atoms with van der Waals surface area (Å²) in [5.74, 6) is 1.18. The van der Waals surface area contributed by atoms with E-state index in [4.69, 9.17) is 11.6 Å². The molecule has 1 aliphatic heterocycles. The number of hydrogen-bond donors (Lipinski definition) is 1. The molecule has 28 heavy (non-hydrogen) atoms. The van der Waals surface area contributed by atoms with E-state index in [1.165, 1.54) is 5.56 Å². The number of aromatic nitrogens is 3. The molecular formula is C21H23ClN6. The normalized spacial score (nSPS) is 16.9. The third kappa shape index (κ3) is 4.58. The van der Waals surface area contributed by atoms with Crippen molar-refractivity contribution in [2.45, 2.75) is 19.0 Å². The molecule has 0 saturated carbocycles. The molecule has 3 aromatic rings. The fourth-order valence-electron chi connectivity index (χ4n) is 3.44. The van der Waals surface area contributed by atoms with Gasteiger partial charge in [0.05, 0.1) is 0 Å². The summed E-state index contributed by atoms with van der Waals surface area (Å²) in [5, 5.41) is 4.14. The highest BCUT2D eigenvalue weighted by molar-refractivity contribution is 6.30. The highest BCUT2D eigenvalue weighted by Gasteiger charge is 2.23. The molecule has 0 unspecified atom stereocenters. The Bertz CT molecular complexity index is 920. The second kappa shape index (κ2) is 8.54. The second-order valence-corrected chi connectivity index (χ2v) is 7.44. The minimum atomic E-state index is 0.329. The Morgan fingerprint density at radius 1 is 1.14 bits per heavy atom. The maximum absolute atomic E-state index is 6.10. The lowest BCUT2D eigenvalue weighted by molar-refractivity contribution is 0.328. The number of rotatable bonds is 6. The van der Waals surface area contributed by atoms with Crippen LogP contribution in [0.3, 0.4) is 0 Å². The molecule has 0 bridgehead atoms. The van der Waals surface area contributed by atoms with E-state index in [1.54, 1.807) is 6.33 Å². The number of hydrogen-bond acceptors (Lipinski definition) is 6. The zero-order valence-corrected chi connectivity index (χ0v) is 16.5. The number of nitrogens with zero attached hydrogens (tertiary/aromatic N) is 5. The molecule has 2 aromatic carbocycles. The van der Waals surface area contributed by atoms with Gasteiger partial charge in [-0.1, -0.05) is 48.0 Å². The Labute approximate surface area is 170 Å². The topological polar surface area (TPSA) is 57.2 Å². The van der Waals surface area contributed by atoms with Gasteiger partial charge in [0, 0.05) is 43.4 Å². The highest BCUT2D eigenvalue weighted by Crippen LogP contribution is 2.24. The molecule has 1 aliphatic rings. The van der Waals surface area contributed by atoms with Gasteiger partial charge in [-0.05, 0) is 30.2 Å². The Balaban J connectivity index is 1.39. The van der Waals surface area contributed by atoms with Crippen molar-refractivity contribution in [2.24, 2.45) is 0 Å². The van der Waals surface area contributed by atoms with Gasteiger partial charge in [-0.3, -0.25) is 4.90 Å². The molecule has 7 heteroatoms. The molecule has 2 heterocycles. The van der Waals surface area contributed by atoms with E-state index in [-0.39, 0.29) is 0 Å². The molecule has 1 fully saturated rings. The zero-order chi connectivity index (χ0) is 19.3. The van der Waals surface area contributed by atoms with Crippen molar-refractivity contribution in [1.82, 2.24) is 19.9 Å². The summed E-state index contributed by atoms with van der Waals surface area (Å²) in [7, 11) is 1.92. The zero-order valence-electron chi connectivity index (χ0n) is 15.8. The molecule has 1 atom stereocenters. The largest absolute Gasteiger partial charge is 0.350 e. The molecule has 0 radical (unpaired) electrons. The second-order valence-electron chi connectivity index (χ2n) is 7.00. The van der Waals surface area contributed by atoms with Crippen LogP contribution in [0.25, 0.3) is 0 Å². The number of likely N-dealkylation sites (tertiary alicyclic amines) is 1. The van der Waals surface area contributed by atoms with E-state index in [0.717, 1.165) is 31.7 Å². The standard InChI is InChI=1S/C21H23ClN6/c1-27(19-9-5-8-17(22)12-19)21-24-15-23-20(26-21)25-18-10-11-28(14-18)13-16-6-3-2-4-7-16/h2-9,12,15,18H,10-11,13-14H2,1H3,(H,23,24,25,26)/t18-/m1/s1. The number of benzene rings is 2. The Morgan fingerprint density at radius 3 is 2.82 bits per heavy atom. The van der Waals surface area contributed by atoms with Crippen molar-refractivity contribution in [1.29, 1.82) is 0 Å². The molecule has 0 amide bonds. The first-order chi connectivity index (χ1) is 13.7. The number of anilines is 3. The molecule has 6 nitrogen and oxygen atoms in total. The van der Waals surface area contributed by atoms with Gasteiger partial charge in [0.15, 0.2) is 0 Å². The molecular weight excluding hydrogens is 372 g/mol. The van der Waals surface area contributed by atoms with Crippen molar-refractivity contribution in [2.75, 3.05) is 30.4 Å². The van der Waals surface area contributed by atoms with E-state index < -0.39 is 0 Å². The van der Waals surface area contributed by atoms with Gasteiger partial charge in [-0.25, -0.2) is 9.97 Å². The molecule has 1 N–H and O–H groups in total. The van der Waals surface area contributed by atoms with Crippen molar-refractivity contribution in [3.63, 3.8) is 0 Å². The lowest BCUT2D eigenvalue weighted by Gasteiger charge is -2.19. The van der Waals surface area contributed by atoms with Crippen molar-refractivity contribution in [3.05, 3.63) is 71.5 Å². The van der Waals surface area contributed by atoms with Gasteiger partial charge in [0.2, 0.25) is 11.9 Å². The molecule has 1 saturated heterocycles. The minimum absolute atomic E-state index is 0.329. The van der Waals surface area contributed by atoms with Gasteiger partial charge in [0.1, 0.15) is 6.33 Å². The quantitative estimate of drug-likeness (QED) is 0.682. The van der Waals surface area contributed by atoms with Crippen LogP contribution in [-0.2, 0) is 6.54 Å². The van der Waals surface area contributed by atoms with Gasteiger partial charge in [-0.2, -0.15) is 4.98 Å². The van der Waals surface area contributed by atoms with Crippen LogP contribution in [0.15, 0.2) is 60.9 Å². The fourth-order valence-corrected chi connectivity index (χ4v) is 3.62. The first-order valence-corrected chi connectivity index (χ1v) is 9.76. The number of halogens is 1. The monoisotopic (exact) mass is 394 g/mol. The highest BCUT2D eigenvalue weighted by atomic mass is 35.5. The third-order valence-electron chi connectivity index (χ3n) is 4.91. The fraction of sp³-hybridized carbons (Fsp3) is 0.286. The summed E-state index contributed by atoms with van der Waals surface area (Å²) in [6, 6.07) is 18.5. The van der Waals surface area contributed by atoms with Crippen LogP contribution in [0.5, 0.6) is 0 Å². The smallest absolute Gasteiger partial charge is 0.234 e. The predicted octanol–water partition coefficient (Wildman–Crippen LogP) is 3.98. The van der Waals surface area contributed by atoms with E-state index in [2.05, 4.69) is 55.5 Å². The molecule has 4 rings (SSSR count). The summed E-state index contributed by atoms with van der Waals surface area (Å²) in [4.78, 5) is 17.5. The molecule has 144 valence electrons. The van der Waals surface area contributed by atoms with Crippen LogP contribution >= 0.6 is 11.6 Å². The van der Waals surface area contributed by atoms with Crippen LogP contribution in [0.4, 0.5) is 17.6 Å². The van der Waals surface area contributed by atoms with Crippen LogP contribution in [0.1, 0.15) is 12.0 Å².